The van der Waals surface area contributed by atoms with Crippen LogP contribution in [0.2, 0.25) is 0 Å². The van der Waals surface area contributed by atoms with Gasteiger partial charge in [-0.3, -0.25) is 4.79 Å². The summed E-state index contributed by atoms with van der Waals surface area (Å²) in [5.74, 6) is -2.18. The Morgan fingerprint density at radius 2 is 1.77 bits per heavy atom. The molecule has 0 heterocycles. The summed E-state index contributed by atoms with van der Waals surface area (Å²) in [6.07, 6.45) is -8.93. The highest BCUT2D eigenvalue weighted by molar-refractivity contribution is 5.70. The number of benzene rings is 1. The fourth-order valence-corrected chi connectivity index (χ4v) is 2.80. The Morgan fingerprint density at radius 3 is 2.19 bits per heavy atom. The molecule has 9 heteroatoms. The molecule has 0 aromatic heterocycles. The van der Waals surface area contributed by atoms with Crippen LogP contribution in [0.1, 0.15) is 42.9 Å². The topological polar surface area (TPSA) is 63.3 Å². The number of rotatable bonds is 8. The van der Waals surface area contributed by atoms with Gasteiger partial charge in [0.05, 0.1) is 17.0 Å². The van der Waals surface area contributed by atoms with Gasteiger partial charge >= 0.3 is 18.3 Å². The lowest BCUT2D eigenvalue weighted by Gasteiger charge is -2.21. The predicted octanol–water partition coefficient (Wildman–Crippen LogP) is 4.73. The summed E-state index contributed by atoms with van der Waals surface area (Å²) in [4.78, 5) is 11.0. The first-order chi connectivity index (χ1) is 11.9. The molecule has 0 saturated carbocycles. The molecule has 3 N–H and O–H groups in total. The molecule has 3 nitrogen and oxygen atoms in total. The summed E-state index contributed by atoms with van der Waals surface area (Å²) in [7, 11) is 0. The van der Waals surface area contributed by atoms with Crippen LogP contribution in [0.15, 0.2) is 18.2 Å². The zero-order chi connectivity index (χ0) is 20.1. The van der Waals surface area contributed by atoms with E-state index in [2.05, 4.69) is 0 Å². The number of aryl methyl sites for hydroxylation is 1. The first-order valence-corrected chi connectivity index (χ1v) is 8.10. The summed E-state index contributed by atoms with van der Waals surface area (Å²) in [5, 5.41) is 9.03. The minimum absolute atomic E-state index is 0.108. The van der Waals surface area contributed by atoms with Gasteiger partial charge in [0.15, 0.2) is 0 Å². The average Bonchev–Trinajstić information content (AvgIpc) is 2.52. The Morgan fingerprint density at radius 1 is 1.15 bits per heavy atom. The Balaban J connectivity index is 3.03. The SMILES string of the molecule is CCC(CCc1cc(C(F)(F)F)ccc1C(F)(F)F)CC(CN)C(=O)O. The summed E-state index contributed by atoms with van der Waals surface area (Å²) < 4.78 is 77.7. The van der Waals surface area contributed by atoms with E-state index in [9.17, 15) is 31.1 Å². The zero-order valence-electron chi connectivity index (χ0n) is 14.1. The van der Waals surface area contributed by atoms with E-state index >= 15 is 0 Å². The van der Waals surface area contributed by atoms with E-state index in [1.807, 2.05) is 0 Å². The molecular formula is C17H21F6NO2. The maximum absolute atomic E-state index is 13.1. The van der Waals surface area contributed by atoms with Crippen LogP contribution >= 0.6 is 0 Å². The van der Waals surface area contributed by atoms with E-state index < -0.39 is 40.9 Å². The van der Waals surface area contributed by atoms with Crippen LogP contribution in [0, 0.1) is 11.8 Å². The van der Waals surface area contributed by atoms with Gasteiger partial charge in [0.1, 0.15) is 0 Å². The molecule has 26 heavy (non-hydrogen) atoms. The summed E-state index contributed by atoms with van der Waals surface area (Å²) in [5.41, 5.74) is 2.70. The van der Waals surface area contributed by atoms with Crippen LogP contribution in [-0.4, -0.2) is 17.6 Å². The van der Waals surface area contributed by atoms with Crippen molar-refractivity contribution in [3.63, 3.8) is 0 Å². The Kier molecular flexibility index (Phi) is 7.49. The number of aliphatic carboxylic acids is 1. The quantitative estimate of drug-likeness (QED) is 0.636. The molecule has 0 aliphatic heterocycles. The maximum atomic E-state index is 13.1. The van der Waals surface area contributed by atoms with Gasteiger partial charge in [0, 0.05) is 6.54 Å². The lowest BCUT2D eigenvalue weighted by Crippen LogP contribution is -2.26. The molecule has 0 fully saturated rings. The lowest BCUT2D eigenvalue weighted by atomic mass is 9.87. The van der Waals surface area contributed by atoms with Crippen molar-refractivity contribution in [2.45, 2.75) is 45.0 Å². The van der Waals surface area contributed by atoms with Crippen LogP contribution in [0.25, 0.3) is 0 Å². The summed E-state index contributed by atoms with van der Waals surface area (Å²) >= 11 is 0. The van der Waals surface area contributed by atoms with Crippen molar-refractivity contribution in [1.29, 1.82) is 0 Å². The van der Waals surface area contributed by atoms with Crippen molar-refractivity contribution in [3.05, 3.63) is 34.9 Å². The highest BCUT2D eigenvalue weighted by Crippen LogP contribution is 2.37. The van der Waals surface area contributed by atoms with E-state index in [4.69, 9.17) is 10.8 Å². The second-order valence-electron chi connectivity index (χ2n) is 6.19. The van der Waals surface area contributed by atoms with Gasteiger partial charge in [-0.2, -0.15) is 26.3 Å². The van der Waals surface area contributed by atoms with Gasteiger partial charge in [-0.15, -0.1) is 0 Å². The molecule has 2 unspecified atom stereocenters. The fourth-order valence-electron chi connectivity index (χ4n) is 2.80. The second kappa shape index (κ2) is 8.75. The normalized spacial score (nSPS) is 14.9. The van der Waals surface area contributed by atoms with Crippen molar-refractivity contribution in [3.8, 4) is 0 Å². The van der Waals surface area contributed by atoms with Gasteiger partial charge in [-0.05, 0) is 48.9 Å². The number of carbonyl (C=O) groups is 1. The molecule has 0 aliphatic carbocycles. The van der Waals surface area contributed by atoms with E-state index in [1.165, 1.54) is 0 Å². The largest absolute Gasteiger partial charge is 0.481 e. The Hall–Kier alpha value is -1.77. The standard InChI is InChI=1S/C17H21F6NO2/c1-2-10(7-12(9-24)15(25)26)3-4-11-8-13(16(18,19)20)5-6-14(11)17(21,22)23/h5-6,8,10,12H,2-4,7,9,24H2,1H3,(H,25,26). The Bertz CT molecular complexity index is 612. The molecule has 148 valence electrons. The van der Waals surface area contributed by atoms with E-state index in [1.54, 1.807) is 6.92 Å². The van der Waals surface area contributed by atoms with Gasteiger partial charge < -0.3 is 10.8 Å². The smallest absolute Gasteiger partial charge is 0.416 e. The third kappa shape index (κ3) is 6.19. The summed E-state index contributed by atoms with van der Waals surface area (Å²) in [6, 6.07) is 1.38. The van der Waals surface area contributed by atoms with Crippen molar-refractivity contribution in [2.24, 2.45) is 17.6 Å². The molecular weight excluding hydrogens is 364 g/mol. The van der Waals surface area contributed by atoms with Crippen LogP contribution in [0.5, 0.6) is 0 Å². The minimum atomic E-state index is -4.76. The highest BCUT2D eigenvalue weighted by Gasteiger charge is 2.37. The average molecular weight is 385 g/mol. The molecule has 1 rings (SSSR count). The van der Waals surface area contributed by atoms with Gasteiger partial charge in [-0.1, -0.05) is 13.3 Å². The van der Waals surface area contributed by atoms with Crippen LogP contribution in [-0.2, 0) is 23.6 Å². The molecule has 1 aromatic rings. The summed E-state index contributed by atoms with van der Waals surface area (Å²) in [6.45, 7) is 1.64. The molecule has 0 spiro atoms. The van der Waals surface area contributed by atoms with Crippen LogP contribution in [0.4, 0.5) is 26.3 Å². The number of carboxylic acids is 1. The van der Waals surface area contributed by atoms with Crippen molar-refractivity contribution >= 4 is 5.97 Å². The second-order valence-corrected chi connectivity index (χ2v) is 6.19. The highest BCUT2D eigenvalue weighted by atomic mass is 19.4. The first-order valence-electron chi connectivity index (χ1n) is 8.10. The van der Waals surface area contributed by atoms with Gasteiger partial charge in [0.25, 0.3) is 0 Å². The molecule has 0 amide bonds. The lowest BCUT2D eigenvalue weighted by molar-refractivity contribution is -0.142. The fraction of sp³-hybridized carbons (Fsp3) is 0.588. The third-order valence-corrected chi connectivity index (χ3v) is 4.39. The monoisotopic (exact) mass is 385 g/mol. The van der Waals surface area contributed by atoms with Crippen molar-refractivity contribution < 1.29 is 36.2 Å². The van der Waals surface area contributed by atoms with Gasteiger partial charge in [-0.25, -0.2) is 0 Å². The Labute approximate surface area is 147 Å². The minimum Gasteiger partial charge on any atom is -0.481 e. The molecule has 0 aliphatic rings. The number of hydrogen-bond acceptors (Lipinski definition) is 2. The molecule has 1 aromatic carbocycles. The predicted molar refractivity (Wildman–Crippen MR) is 83.3 cm³/mol. The number of alkyl halides is 6. The number of nitrogens with two attached hydrogens (primary N) is 1. The molecule has 0 saturated heterocycles. The van der Waals surface area contributed by atoms with E-state index in [0.29, 0.717) is 24.6 Å². The number of carboxylic acid groups (broad SMARTS) is 1. The number of hydrogen-bond donors (Lipinski definition) is 2. The van der Waals surface area contributed by atoms with Gasteiger partial charge in [0.2, 0.25) is 0 Å². The van der Waals surface area contributed by atoms with Crippen molar-refractivity contribution in [2.75, 3.05) is 6.54 Å². The van der Waals surface area contributed by atoms with Crippen LogP contribution < -0.4 is 5.73 Å². The van der Waals surface area contributed by atoms with Crippen molar-refractivity contribution in [1.82, 2.24) is 0 Å². The van der Waals surface area contributed by atoms with Crippen LogP contribution in [0.3, 0.4) is 0 Å². The number of halogens is 6. The molecule has 0 radical (unpaired) electrons. The van der Waals surface area contributed by atoms with E-state index in [0.717, 1.165) is 0 Å². The third-order valence-electron chi connectivity index (χ3n) is 4.39. The molecule has 2 atom stereocenters. The van der Waals surface area contributed by atoms with E-state index in [-0.39, 0.29) is 31.7 Å². The molecule has 0 bridgehead atoms. The zero-order valence-corrected chi connectivity index (χ0v) is 14.1. The first kappa shape index (κ1) is 22.3. The maximum Gasteiger partial charge on any atom is 0.416 e.